The molecule has 0 amide bonds. The monoisotopic (exact) mass is 232 g/mol. The van der Waals surface area contributed by atoms with E-state index in [9.17, 15) is 4.39 Å². The molecule has 1 aromatic carbocycles. The summed E-state index contributed by atoms with van der Waals surface area (Å²) in [5.41, 5.74) is 6.13. The van der Waals surface area contributed by atoms with Crippen LogP contribution < -0.4 is 5.73 Å². The van der Waals surface area contributed by atoms with Crippen LogP contribution in [0.25, 0.3) is 11.0 Å². The molecule has 0 radical (unpaired) electrons. The van der Waals surface area contributed by atoms with Gasteiger partial charge in [-0.2, -0.15) is 5.10 Å². The Bertz CT molecular complexity index is 647. The zero-order chi connectivity index (χ0) is 11.8. The second-order valence-electron chi connectivity index (χ2n) is 3.66. The maximum atomic E-state index is 13.4. The first-order chi connectivity index (χ1) is 8.25. The lowest BCUT2D eigenvalue weighted by atomic mass is 10.2. The van der Waals surface area contributed by atoms with Crippen LogP contribution in [0.15, 0.2) is 35.0 Å². The van der Waals surface area contributed by atoms with Crippen molar-refractivity contribution in [2.75, 3.05) is 0 Å². The number of nitrogens with zero attached hydrogens (tertiary/aromatic N) is 2. The highest BCUT2D eigenvalue weighted by molar-refractivity contribution is 5.78. The van der Waals surface area contributed by atoms with Crippen molar-refractivity contribution in [1.82, 2.24) is 15.2 Å². The highest BCUT2D eigenvalue weighted by atomic mass is 19.1. The minimum Gasteiger partial charge on any atom is -0.456 e. The number of hydrogen-bond donors (Lipinski definition) is 2. The SMILES string of the molecule is NC(c1ncn[nH]1)c1cc2cccc(F)c2o1. The number of benzene rings is 1. The summed E-state index contributed by atoms with van der Waals surface area (Å²) in [4.78, 5) is 3.94. The average molecular weight is 232 g/mol. The lowest BCUT2D eigenvalue weighted by molar-refractivity contribution is 0.495. The van der Waals surface area contributed by atoms with Gasteiger partial charge in [0.1, 0.15) is 24.0 Å². The van der Waals surface area contributed by atoms with Crippen LogP contribution >= 0.6 is 0 Å². The number of furan rings is 1. The fourth-order valence-corrected chi connectivity index (χ4v) is 1.70. The van der Waals surface area contributed by atoms with Crippen LogP contribution in [0.1, 0.15) is 17.6 Å². The van der Waals surface area contributed by atoms with E-state index in [4.69, 9.17) is 10.2 Å². The highest BCUT2D eigenvalue weighted by Gasteiger charge is 2.17. The van der Waals surface area contributed by atoms with E-state index in [2.05, 4.69) is 15.2 Å². The van der Waals surface area contributed by atoms with Gasteiger partial charge in [0.15, 0.2) is 11.4 Å². The minimum absolute atomic E-state index is 0.206. The molecular formula is C11H9FN4O. The zero-order valence-electron chi connectivity index (χ0n) is 8.72. The Hall–Kier alpha value is -2.21. The molecule has 0 saturated carbocycles. The van der Waals surface area contributed by atoms with Gasteiger partial charge in [0.05, 0.1) is 0 Å². The maximum absolute atomic E-state index is 13.4. The number of aromatic amines is 1. The molecule has 0 saturated heterocycles. The third-order valence-corrected chi connectivity index (χ3v) is 2.55. The van der Waals surface area contributed by atoms with Crippen molar-refractivity contribution >= 4 is 11.0 Å². The van der Waals surface area contributed by atoms with Gasteiger partial charge in [-0.1, -0.05) is 12.1 Å². The summed E-state index contributed by atoms with van der Waals surface area (Å²) in [7, 11) is 0. The van der Waals surface area contributed by atoms with Crippen LogP contribution in [0.3, 0.4) is 0 Å². The summed E-state index contributed by atoms with van der Waals surface area (Å²) >= 11 is 0. The van der Waals surface area contributed by atoms with Crippen molar-refractivity contribution in [3.63, 3.8) is 0 Å². The van der Waals surface area contributed by atoms with Crippen molar-refractivity contribution in [2.24, 2.45) is 5.73 Å². The number of hydrogen-bond acceptors (Lipinski definition) is 4. The molecule has 17 heavy (non-hydrogen) atoms. The molecule has 1 atom stereocenters. The van der Waals surface area contributed by atoms with Crippen LogP contribution in [-0.4, -0.2) is 15.2 Å². The van der Waals surface area contributed by atoms with E-state index in [0.29, 0.717) is 17.0 Å². The largest absolute Gasteiger partial charge is 0.456 e. The fourth-order valence-electron chi connectivity index (χ4n) is 1.70. The van der Waals surface area contributed by atoms with E-state index in [0.717, 1.165) is 0 Å². The summed E-state index contributed by atoms with van der Waals surface area (Å²) in [6.07, 6.45) is 1.36. The predicted octanol–water partition coefficient (Wildman–Crippen LogP) is 1.74. The molecule has 0 aliphatic heterocycles. The Kier molecular flexibility index (Phi) is 2.15. The first-order valence-corrected chi connectivity index (χ1v) is 5.04. The normalized spacial score (nSPS) is 13.1. The van der Waals surface area contributed by atoms with E-state index in [1.807, 2.05) is 0 Å². The molecule has 0 aliphatic carbocycles. The molecule has 0 bridgehead atoms. The van der Waals surface area contributed by atoms with Gasteiger partial charge in [-0.05, 0) is 12.1 Å². The third kappa shape index (κ3) is 1.58. The molecule has 2 heterocycles. The molecule has 2 aromatic heterocycles. The number of H-pyrrole nitrogens is 1. The molecule has 6 heteroatoms. The van der Waals surface area contributed by atoms with E-state index in [1.165, 1.54) is 12.4 Å². The number of nitrogens with two attached hydrogens (primary N) is 1. The first-order valence-electron chi connectivity index (χ1n) is 5.04. The van der Waals surface area contributed by atoms with Crippen molar-refractivity contribution < 1.29 is 8.81 Å². The van der Waals surface area contributed by atoms with Crippen LogP contribution in [-0.2, 0) is 0 Å². The van der Waals surface area contributed by atoms with Gasteiger partial charge in [-0.25, -0.2) is 9.37 Å². The van der Waals surface area contributed by atoms with Gasteiger partial charge in [0.25, 0.3) is 0 Å². The van der Waals surface area contributed by atoms with Gasteiger partial charge in [0.2, 0.25) is 0 Å². The lowest BCUT2D eigenvalue weighted by Crippen LogP contribution is -2.12. The molecule has 1 unspecified atom stereocenters. The van der Waals surface area contributed by atoms with Crippen LogP contribution in [0, 0.1) is 5.82 Å². The fraction of sp³-hybridized carbons (Fsp3) is 0.0909. The number of para-hydroxylation sites is 1. The zero-order valence-corrected chi connectivity index (χ0v) is 8.72. The Labute approximate surface area is 95.5 Å². The quantitative estimate of drug-likeness (QED) is 0.705. The average Bonchev–Trinajstić information content (AvgIpc) is 2.98. The maximum Gasteiger partial charge on any atom is 0.169 e. The topological polar surface area (TPSA) is 80.7 Å². The molecule has 3 rings (SSSR count). The molecule has 5 nitrogen and oxygen atoms in total. The van der Waals surface area contributed by atoms with E-state index in [1.54, 1.807) is 18.2 Å². The Morgan fingerprint density at radius 2 is 2.29 bits per heavy atom. The van der Waals surface area contributed by atoms with Crippen LogP contribution in [0.2, 0.25) is 0 Å². The lowest BCUT2D eigenvalue weighted by Gasteiger charge is -2.02. The number of aromatic nitrogens is 3. The van der Waals surface area contributed by atoms with E-state index < -0.39 is 11.9 Å². The van der Waals surface area contributed by atoms with E-state index >= 15 is 0 Å². The molecule has 3 N–H and O–H groups in total. The standard InChI is InChI=1S/C11H9FN4O/c12-7-3-1-2-6-4-8(17-10(6)7)9(13)11-14-5-15-16-11/h1-5,9H,13H2,(H,14,15,16). The number of halogens is 1. The van der Waals surface area contributed by atoms with Gasteiger partial charge in [-0.3, -0.25) is 5.10 Å². The van der Waals surface area contributed by atoms with Gasteiger partial charge < -0.3 is 10.2 Å². The summed E-state index contributed by atoms with van der Waals surface area (Å²) in [6, 6.07) is 5.85. The number of rotatable bonds is 2. The smallest absolute Gasteiger partial charge is 0.169 e. The Morgan fingerprint density at radius 3 is 3.00 bits per heavy atom. The van der Waals surface area contributed by atoms with Gasteiger partial charge in [0, 0.05) is 5.39 Å². The molecule has 0 spiro atoms. The summed E-state index contributed by atoms with van der Waals surface area (Å²) in [5, 5.41) is 7.04. The van der Waals surface area contributed by atoms with Crippen LogP contribution in [0.5, 0.6) is 0 Å². The summed E-state index contributed by atoms with van der Waals surface area (Å²) in [6.45, 7) is 0. The Balaban J connectivity index is 2.10. The van der Waals surface area contributed by atoms with Gasteiger partial charge >= 0.3 is 0 Å². The minimum atomic E-state index is -0.579. The predicted molar refractivity (Wildman–Crippen MR) is 58.6 cm³/mol. The van der Waals surface area contributed by atoms with E-state index in [-0.39, 0.29) is 5.58 Å². The molecule has 86 valence electrons. The highest BCUT2D eigenvalue weighted by Crippen LogP contribution is 2.26. The summed E-state index contributed by atoms with van der Waals surface area (Å²) < 4.78 is 18.8. The molecular weight excluding hydrogens is 223 g/mol. The number of nitrogens with one attached hydrogen (secondary N) is 1. The molecule has 0 fully saturated rings. The van der Waals surface area contributed by atoms with Crippen molar-refractivity contribution in [2.45, 2.75) is 6.04 Å². The van der Waals surface area contributed by atoms with Crippen LogP contribution in [0.4, 0.5) is 4.39 Å². The molecule has 3 aromatic rings. The second-order valence-corrected chi connectivity index (χ2v) is 3.66. The Morgan fingerprint density at radius 1 is 1.41 bits per heavy atom. The molecule has 0 aliphatic rings. The summed E-state index contributed by atoms with van der Waals surface area (Å²) in [5.74, 6) is 0.518. The van der Waals surface area contributed by atoms with Crippen molar-refractivity contribution in [3.8, 4) is 0 Å². The van der Waals surface area contributed by atoms with Gasteiger partial charge in [-0.15, -0.1) is 0 Å². The third-order valence-electron chi connectivity index (χ3n) is 2.55. The van der Waals surface area contributed by atoms with Crippen molar-refractivity contribution in [3.05, 3.63) is 48.0 Å². The number of fused-ring (bicyclic) bond motifs is 1. The second kappa shape index (κ2) is 3.67. The van der Waals surface area contributed by atoms with Crippen molar-refractivity contribution in [1.29, 1.82) is 0 Å². The first kappa shape index (κ1) is 9.98.